The molecule has 52 heavy (non-hydrogen) atoms. The van der Waals surface area contributed by atoms with Crippen molar-refractivity contribution >= 4 is 92.4 Å². The molecule has 0 spiro atoms. The first kappa shape index (κ1) is 29.1. The minimum absolute atomic E-state index is 0.902. The van der Waals surface area contributed by atoms with Crippen LogP contribution >= 0.6 is 11.3 Å². The van der Waals surface area contributed by atoms with E-state index in [1.807, 2.05) is 35.6 Å². The van der Waals surface area contributed by atoms with E-state index >= 15 is 0 Å². The molecule has 0 fully saturated rings. The van der Waals surface area contributed by atoms with E-state index in [0.717, 1.165) is 83.2 Å². The smallest absolute Gasteiger partial charge is 0.143 e. The molecule has 0 bridgehead atoms. The Hall–Kier alpha value is -6.62. The first-order valence-electron chi connectivity index (χ1n) is 17.5. The Morgan fingerprint density at radius 3 is 1.71 bits per heavy atom. The van der Waals surface area contributed by atoms with E-state index in [4.69, 9.17) is 8.83 Å². The van der Waals surface area contributed by atoms with Gasteiger partial charge in [0.05, 0.1) is 5.69 Å². The Labute approximate surface area is 303 Å². The standard InChI is InChI=1S/C48H29NO2S/c1-4-17-41-36(10-1)37-15-7-14-35(48(37)51-41)31-24-28-33(29-25-31)49(40-16-9-21-45-47(40)39-12-3-6-20-44(39)52-45)32-26-22-30(23-27-32)34-13-8-19-43-46(34)38-11-2-5-18-42(38)50-43/h1-29H. The number of hydrogen-bond acceptors (Lipinski definition) is 4. The zero-order chi connectivity index (χ0) is 34.2. The van der Waals surface area contributed by atoms with Crippen molar-refractivity contribution in [2.75, 3.05) is 4.90 Å². The second kappa shape index (κ2) is 11.5. The number of hydrogen-bond donors (Lipinski definition) is 0. The lowest BCUT2D eigenvalue weighted by molar-refractivity contribution is 0.669. The molecule has 0 aliphatic rings. The van der Waals surface area contributed by atoms with Crippen molar-refractivity contribution in [2.45, 2.75) is 0 Å². The van der Waals surface area contributed by atoms with Crippen molar-refractivity contribution in [3.8, 4) is 22.3 Å². The van der Waals surface area contributed by atoms with Crippen molar-refractivity contribution in [1.82, 2.24) is 0 Å². The van der Waals surface area contributed by atoms with E-state index in [-0.39, 0.29) is 0 Å². The average Bonchev–Trinajstić information content (AvgIpc) is 3.90. The molecular weight excluding hydrogens is 655 g/mol. The quantitative estimate of drug-likeness (QED) is 0.181. The molecule has 0 unspecified atom stereocenters. The number of nitrogens with zero attached hydrogens (tertiary/aromatic N) is 1. The summed E-state index contributed by atoms with van der Waals surface area (Å²) in [5.74, 6) is 0. The maximum atomic E-state index is 6.41. The van der Waals surface area contributed by atoms with Crippen molar-refractivity contribution in [1.29, 1.82) is 0 Å². The third kappa shape index (κ3) is 4.45. The second-order valence-electron chi connectivity index (χ2n) is 13.2. The van der Waals surface area contributed by atoms with E-state index < -0.39 is 0 Å². The molecule has 11 aromatic rings. The van der Waals surface area contributed by atoms with Gasteiger partial charge >= 0.3 is 0 Å². The molecule has 3 heterocycles. The maximum absolute atomic E-state index is 6.41. The summed E-state index contributed by atoms with van der Waals surface area (Å²) in [5, 5.41) is 7.08. The number of rotatable bonds is 5. The summed E-state index contributed by atoms with van der Waals surface area (Å²) in [5.41, 5.74) is 11.5. The molecule has 11 rings (SSSR count). The number of thiophene rings is 1. The van der Waals surface area contributed by atoms with Gasteiger partial charge in [0.1, 0.15) is 22.3 Å². The van der Waals surface area contributed by atoms with Crippen LogP contribution in [-0.4, -0.2) is 0 Å². The molecule has 0 amide bonds. The molecule has 0 atom stereocenters. The average molecular weight is 684 g/mol. The maximum Gasteiger partial charge on any atom is 0.143 e. The highest BCUT2D eigenvalue weighted by Crippen LogP contribution is 2.46. The minimum atomic E-state index is 0.902. The van der Waals surface area contributed by atoms with Crippen LogP contribution in [0.5, 0.6) is 0 Å². The number of fused-ring (bicyclic) bond motifs is 9. The van der Waals surface area contributed by atoms with Crippen LogP contribution in [0.4, 0.5) is 17.1 Å². The monoisotopic (exact) mass is 683 g/mol. The molecule has 0 saturated heterocycles. The summed E-state index contributed by atoms with van der Waals surface area (Å²) in [6.07, 6.45) is 0. The SMILES string of the molecule is c1ccc2c(c1)oc1c(-c3ccc(N(c4ccc(-c5cccc6oc7ccccc7c56)cc4)c4cccc5sc6ccccc6c45)cc3)cccc12. The molecule has 0 N–H and O–H groups in total. The Bertz CT molecular complexity index is 3130. The second-order valence-corrected chi connectivity index (χ2v) is 14.3. The highest BCUT2D eigenvalue weighted by molar-refractivity contribution is 7.26. The summed E-state index contributed by atoms with van der Waals surface area (Å²) in [6.45, 7) is 0. The first-order chi connectivity index (χ1) is 25.8. The summed E-state index contributed by atoms with van der Waals surface area (Å²) in [4.78, 5) is 2.39. The Morgan fingerprint density at radius 2 is 0.923 bits per heavy atom. The molecule has 0 radical (unpaired) electrons. The molecule has 4 heteroatoms. The number of furan rings is 2. The fourth-order valence-electron chi connectivity index (χ4n) is 7.94. The van der Waals surface area contributed by atoms with Crippen LogP contribution in [0.1, 0.15) is 0 Å². The number of anilines is 3. The van der Waals surface area contributed by atoms with E-state index in [1.165, 1.54) is 20.2 Å². The third-order valence-corrected chi connectivity index (χ3v) is 11.4. The van der Waals surface area contributed by atoms with Gasteiger partial charge in [-0.3, -0.25) is 0 Å². The van der Waals surface area contributed by atoms with Crippen molar-refractivity contribution < 1.29 is 8.83 Å². The van der Waals surface area contributed by atoms with Crippen LogP contribution in [0.25, 0.3) is 86.3 Å². The molecule has 3 nitrogen and oxygen atoms in total. The highest BCUT2D eigenvalue weighted by atomic mass is 32.1. The molecule has 244 valence electrons. The zero-order valence-corrected chi connectivity index (χ0v) is 28.7. The molecule has 0 aliphatic carbocycles. The van der Waals surface area contributed by atoms with Crippen molar-refractivity contribution in [3.05, 3.63) is 176 Å². The normalized spacial score (nSPS) is 11.8. The van der Waals surface area contributed by atoms with Gasteiger partial charge in [0.15, 0.2) is 0 Å². The summed E-state index contributed by atoms with van der Waals surface area (Å²) in [7, 11) is 0. The fraction of sp³-hybridized carbons (Fsp3) is 0. The van der Waals surface area contributed by atoms with Crippen molar-refractivity contribution in [2.24, 2.45) is 0 Å². The van der Waals surface area contributed by atoms with Gasteiger partial charge in [0.25, 0.3) is 0 Å². The highest BCUT2D eigenvalue weighted by Gasteiger charge is 2.20. The Balaban J connectivity index is 1.07. The number of benzene rings is 8. The molecule has 3 aromatic heterocycles. The van der Waals surface area contributed by atoms with Gasteiger partial charge in [-0.25, -0.2) is 0 Å². The van der Waals surface area contributed by atoms with Gasteiger partial charge < -0.3 is 13.7 Å². The van der Waals surface area contributed by atoms with E-state index in [0.29, 0.717) is 0 Å². The van der Waals surface area contributed by atoms with Crippen LogP contribution in [0.15, 0.2) is 185 Å². The summed E-state index contributed by atoms with van der Waals surface area (Å²) in [6, 6.07) is 62.5. The van der Waals surface area contributed by atoms with Gasteiger partial charge in [0, 0.05) is 58.7 Å². The summed E-state index contributed by atoms with van der Waals surface area (Å²) >= 11 is 1.84. The van der Waals surface area contributed by atoms with Gasteiger partial charge in [-0.2, -0.15) is 0 Å². The van der Waals surface area contributed by atoms with Crippen LogP contribution in [0, 0.1) is 0 Å². The third-order valence-electron chi connectivity index (χ3n) is 10.3. The van der Waals surface area contributed by atoms with Gasteiger partial charge in [-0.15, -0.1) is 11.3 Å². The van der Waals surface area contributed by atoms with Gasteiger partial charge in [-0.1, -0.05) is 115 Å². The largest absolute Gasteiger partial charge is 0.456 e. The van der Waals surface area contributed by atoms with E-state index in [9.17, 15) is 0 Å². The fourth-order valence-corrected chi connectivity index (χ4v) is 9.07. The lowest BCUT2D eigenvalue weighted by Crippen LogP contribution is -2.10. The molecule has 0 aliphatic heterocycles. The Morgan fingerprint density at radius 1 is 0.365 bits per heavy atom. The van der Waals surface area contributed by atoms with Crippen LogP contribution in [0.3, 0.4) is 0 Å². The zero-order valence-electron chi connectivity index (χ0n) is 27.9. The molecule has 8 aromatic carbocycles. The van der Waals surface area contributed by atoms with E-state index in [2.05, 4.69) is 157 Å². The molecular formula is C48H29NO2S. The lowest BCUT2D eigenvalue weighted by Gasteiger charge is -2.27. The topological polar surface area (TPSA) is 29.5 Å². The van der Waals surface area contributed by atoms with Gasteiger partial charge in [-0.05, 0) is 77.4 Å². The van der Waals surface area contributed by atoms with E-state index in [1.54, 1.807) is 0 Å². The van der Waals surface area contributed by atoms with Crippen molar-refractivity contribution in [3.63, 3.8) is 0 Å². The van der Waals surface area contributed by atoms with Crippen LogP contribution in [0.2, 0.25) is 0 Å². The first-order valence-corrected chi connectivity index (χ1v) is 18.3. The van der Waals surface area contributed by atoms with Crippen LogP contribution in [-0.2, 0) is 0 Å². The Kier molecular flexibility index (Phi) is 6.42. The molecule has 0 saturated carbocycles. The predicted octanol–water partition coefficient (Wildman–Crippen LogP) is 14.7. The van der Waals surface area contributed by atoms with Crippen LogP contribution < -0.4 is 4.90 Å². The van der Waals surface area contributed by atoms with Gasteiger partial charge in [0.2, 0.25) is 0 Å². The summed E-state index contributed by atoms with van der Waals surface area (Å²) < 4.78 is 15.2. The lowest BCUT2D eigenvalue weighted by atomic mass is 9.98. The minimum Gasteiger partial charge on any atom is -0.456 e. The predicted molar refractivity (Wildman–Crippen MR) is 219 cm³/mol. The number of para-hydroxylation sites is 3.